The van der Waals surface area contributed by atoms with Crippen LogP contribution in [0.25, 0.3) is 0 Å². The zero-order chi connectivity index (χ0) is 13.6. The van der Waals surface area contributed by atoms with Crippen molar-refractivity contribution in [1.29, 1.82) is 0 Å². The first-order chi connectivity index (χ1) is 9.76. The molecule has 1 aromatic rings. The Morgan fingerprint density at radius 3 is 2.85 bits per heavy atom. The van der Waals surface area contributed by atoms with Gasteiger partial charge in [0.1, 0.15) is 5.60 Å². The molecule has 3 heterocycles. The Morgan fingerprint density at radius 2 is 2.15 bits per heavy atom. The average Bonchev–Trinajstić information content (AvgIpc) is 2.85. The van der Waals surface area contributed by atoms with E-state index in [0.29, 0.717) is 5.92 Å². The summed E-state index contributed by atoms with van der Waals surface area (Å²) in [5.74, 6) is 1.60. The zero-order valence-electron chi connectivity index (χ0n) is 12.2. The SMILES string of the molecule is CC1(c2nc3c(c(C4CCC4)n2)CNCC3)CCCO1. The van der Waals surface area contributed by atoms with Crippen molar-refractivity contribution in [2.45, 2.75) is 63.5 Å². The molecule has 2 aliphatic heterocycles. The molecule has 1 atom stereocenters. The number of nitrogens with zero attached hydrogens (tertiary/aromatic N) is 2. The van der Waals surface area contributed by atoms with E-state index in [0.717, 1.165) is 44.8 Å². The smallest absolute Gasteiger partial charge is 0.160 e. The lowest BCUT2D eigenvalue weighted by atomic mass is 9.80. The van der Waals surface area contributed by atoms with Gasteiger partial charge >= 0.3 is 0 Å². The van der Waals surface area contributed by atoms with E-state index in [4.69, 9.17) is 14.7 Å². The van der Waals surface area contributed by atoms with Crippen molar-refractivity contribution in [3.8, 4) is 0 Å². The molecule has 1 saturated carbocycles. The van der Waals surface area contributed by atoms with Gasteiger partial charge in [0.05, 0.1) is 11.4 Å². The third kappa shape index (κ3) is 1.97. The van der Waals surface area contributed by atoms with Crippen LogP contribution in [0.1, 0.15) is 67.7 Å². The lowest BCUT2D eigenvalue weighted by Crippen LogP contribution is -2.32. The highest BCUT2D eigenvalue weighted by atomic mass is 16.5. The molecule has 1 aliphatic carbocycles. The summed E-state index contributed by atoms with van der Waals surface area (Å²) in [6, 6.07) is 0. The quantitative estimate of drug-likeness (QED) is 0.899. The molecule has 4 rings (SSSR count). The minimum absolute atomic E-state index is 0.252. The lowest BCUT2D eigenvalue weighted by Gasteiger charge is -2.32. The second kappa shape index (κ2) is 4.78. The summed E-state index contributed by atoms with van der Waals surface area (Å²) in [5.41, 5.74) is 3.72. The summed E-state index contributed by atoms with van der Waals surface area (Å²) in [6.07, 6.45) is 7.13. The van der Waals surface area contributed by atoms with Crippen molar-refractivity contribution in [2.24, 2.45) is 0 Å². The van der Waals surface area contributed by atoms with Crippen molar-refractivity contribution in [1.82, 2.24) is 15.3 Å². The maximum absolute atomic E-state index is 5.96. The molecule has 0 spiro atoms. The predicted molar refractivity (Wildman–Crippen MR) is 76.6 cm³/mol. The molecular weight excluding hydrogens is 250 g/mol. The van der Waals surface area contributed by atoms with Crippen LogP contribution in [0.3, 0.4) is 0 Å². The highest BCUT2D eigenvalue weighted by Gasteiger charge is 2.37. The summed E-state index contributed by atoms with van der Waals surface area (Å²) in [5, 5.41) is 3.47. The molecule has 1 unspecified atom stereocenters. The molecule has 0 bridgehead atoms. The number of fused-ring (bicyclic) bond motifs is 1. The van der Waals surface area contributed by atoms with Crippen molar-refractivity contribution < 1.29 is 4.74 Å². The summed E-state index contributed by atoms with van der Waals surface area (Å²) in [7, 11) is 0. The number of aromatic nitrogens is 2. The number of nitrogens with one attached hydrogen (secondary N) is 1. The fourth-order valence-corrected chi connectivity index (χ4v) is 3.58. The van der Waals surface area contributed by atoms with E-state index >= 15 is 0 Å². The predicted octanol–water partition coefficient (Wildman–Crippen LogP) is 2.42. The van der Waals surface area contributed by atoms with E-state index in [1.165, 1.54) is 36.2 Å². The molecule has 1 N–H and O–H groups in total. The Balaban J connectivity index is 1.80. The average molecular weight is 273 g/mol. The monoisotopic (exact) mass is 273 g/mol. The van der Waals surface area contributed by atoms with E-state index < -0.39 is 0 Å². The van der Waals surface area contributed by atoms with Gasteiger partial charge < -0.3 is 10.1 Å². The molecule has 2 fully saturated rings. The Kier molecular flexibility index (Phi) is 3.04. The van der Waals surface area contributed by atoms with Crippen LogP contribution in [-0.2, 0) is 23.3 Å². The van der Waals surface area contributed by atoms with Gasteiger partial charge in [-0.2, -0.15) is 0 Å². The normalized spacial score (nSPS) is 30.1. The van der Waals surface area contributed by atoms with Crippen molar-refractivity contribution >= 4 is 0 Å². The highest BCUT2D eigenvalue weighted by molar-refractivity contribution is 5.33. The van der Waals surface area contributed by atoms with Crippen LogP contribution in [0.5, 0.6) is 0 Å². The van der Waals surface area contributed by atoms with Gasteiger partial charge in [0, 0.05) is 37.6 Å². The Labute approximate surface area is 120 Å². The second-order valence-corrected chi connectivity index (χ2v) is 6.60. The highest BCUT2D eigenvalue weighted by Crippen LogP contribution is 2.40. The van der Waals surface area contributed by atoms with Gasteiger partial charge in [-0.1, -0.05) is 6.42 Å². The van der Waals surface area contributed by atoms with E-state index in [2.05, 4.69) is 12.2 Å². The standard InChI is InChI=1S/C16H23N3O/c1-16(7-3-9-20-16)15-18-13-6-8-17-10-12(13)14(19-15)11-4-2-5-11/h11,17H,2-10H2,1H3. The fourth-order valence-electron chi connectivity index (χ4n) is 3.58. The van der Waals surface area contributed by atoms with Crippen LogP contribution < -0.4 is 5.32 Å². The summed E-state index contributed by atoms with van der Waals surface area (Å²) in [6.45, 7) is 4.98. The topological polar surface area (TPSA) is 47.0 Å². The van der Waals surface area contributed by atoms with Crippen LogP contribution in [0.15, 0.2) is 0 Å². The van der Waals surface area contributed by atoms with E-state index in [1.54, 1.807) is 0 Å². The number of ether oxygens (including phenoxy) is 1. The number of rotatable bonds is 2. The van der Waals surface area contributed by atoms with Crippen molar-refractivity contribution in [2.75, 3.05) is 13.2 Å². The van der Waals surface area contributed by atoms with Gasteiger partial charge in [0.2, 0.25) is 0 Å². The fraction of sp³-hybridized carbons (Fsp3) is 0.750. The van der Waals surface area contributed by atoms with Crippen molar-refractivity contribution in [3.05, 3.63) is 22.8 Å². The maximum Gasteiger partial charge on any atom is 0.160 e. The van der Waals surface area contributed by atoms with Gasteiger partial charge in [-0.15, -0.1) is 0 Å². The summed E-state index contributed by atoms with van der Waals surface area (Å²) >= 11 is 0. The van der Waals surface area contributed by atoms with Gasteiger partial charge in [-0.05, 0) is 32.6 Å². The lowest BCUT2D eigenvalue weighted by molar-refractivity contribution is 0.00874. The Hall–Kier alpha value is -1.00. The maximum atomic E-state index is 5.96. The number of hydrogen-bond acceptors (Lipinski definition) is 4. The zero-order valence-corrected chi connectivity index (χ0v) is 12.2. The first-order valence-electron chi connectivity index (χ1n) is 8.01. The molecule has 0 radical (unpaired) electrons. The first-order valence-corrected chi connectivity index (χ1v) is 8.01. The van der Waals surface area contributed by atoms with Crippen LogP contribution >= 0.6 is 0 Å². The van der Waals surface area contributed by atoms with Crippen LogP contribution in [-0.4, -0.2) is 23.1 Å². The summed E-state index contributed by atoms with van der Waals surface area (Å²) in [4.78, 5) is 9.88. The molecule has 1 saturated heterocycles. The second-order valence-electron chi connectivity index (χ2n) is 6.60. The molecular formula is C16H23N3O. The third-order valence-electron chi connectivity index (χ3n) is 5.15. The third-order valence-corrected chi connectivity index (χ3v) is 5.15. The van der Waals surface area contributed by atoms with Crippen LogP contribution in [0.4, 0.5) is 0 Å². The molecule has 4 nitrogen and oxygen atoms in total. The van der Waals surface area contributed by atoms with Crippen molar-refractivity contribution in [3.63, 3.8) is 0 Å². The molecule has 4 heteroatoms. The minimum Gasteiger partial charge on any atom is -0.367 e. The van der Waals surface area contributed by atoms with Gasteiger partial charge in [0.15, 0.2) is 5.82 Å². The van der Waals surface area contributed by atoms with E-state index in [-0.39, 0.29) is 5.60 Å². The minimum atomic E-state index is -0.252. The van der Waals surface area contributed by atoms with Crippen LogP contribution in [0.2, 0.25) is 0 Å². The largest absolute Gasteiger partial charge is 0.367 e. The van der Waals surface area contributed by atoms with Crippen LogP contribution in [0, 0.1) is 0 Å². The van der Waals surface area contributed by atoms with Gasteiger partial charge in [0.25, 0.3) is 0 Å². The first kappa shape index (κ1) is 12.7. The molecule has 108 valence electrons. The molecule has 0 aromatic carbocycles. The molecule has 1 aromatic heterocycles. The summed E-state index contributed by atoms with van der Waals surface area (Å²) < 4.78 is 5.96. The number of hydrogen-bond donors (Lipinski definition) is 1. The Bertz CT molecular complexity index is 519. The van der Waals surface area contributed by atoms with E-state index in [1.807, 2.05) is 0 Å². The molecule has 20 heavy (non-hydrogen) atoms. The van der Waals surface area contributed by atoms with Gasteiger partial charge in [-0.3, -0.25) is 0 Å². The van der Waals surface area contributed by atoms with E-state index in [9.17, 15) is 0 Å². The Morgan fingerprint density at radius 1 is 1.25 bits per heavy atom. The van der Waals surface area contributed by atoms with Gasteiger partial charge in [-0.25, -0.2) is 9.97 Å². The molecule has 3 aliphatic rings. The molecule has 0 amide bonds.